The van der Waals surface area contributed by atoms with Crippen molar-refractivity contribution in [1.29, 1.82) is 0 Å². The van der Waals surface area contributed by atoms with Crippen molar-refractivity contribution in [1.82, 2.24) is 0 Å². The van der Waals surface area contributed by atoms with E-state index in [4.69, 9.17) is 0 Å². The first-order chi connectivity index (χ1) is 15.0. The Labute approximate surface area is 200 Å². The van der Waals surface area contributed by atoms with Gasteiger partial charge in [-0.1, -0.05) is 0 Å². The van der Waals surface area contributed by atoms with Gasteiger partial charge >= 0.3 is 202 Å². The predicted octanol–water partition coefficient (Wildman–Crippen LogP) is 5.53. The second-order valence-electron chi connectivity index (χ2n) is 5.70. The van der Waals surface area contributed by atoms with Crippen LogP contribution in [0.5, 0.6) is 0 Å². The topological polar surface area (TPSA) is 86.7 Å². The van der Waals surface area contributed by atoms with Crippen molar-refractivity contribution in [2.24, 2.45) is 0 Å². The van der Waals surface area contributed by atoms with E-state index in [1.165, 1.54) is 54.6 Å². The maximum absolute atomic E-state index is 12.8. The number of hydrogen-bond acceptors (Lipinski definition) is 6. The molecule has 0 saturated heterocycles. The summed E-state index contributed by atoms with van der Waals surface area (Å²) in [4.78, 5) is 0. The van der Waals surface area contributed by atoms with Gasteiger partial charge in [0.15, 0.2) is 0 Å². The molecule has 6 nitrogen and oxygen atoms in total. The number of hydrogen-bond donors (Lipinski definition) is 0. The molecule has 2 rings (SSSR count). The first-order valence-electron chi connectivity index (χ1n) is 8.09. The van der Waals surface area contributed by atoms with E-state index in [-0.39, 0.29) is 7.14 Å². The molecular formula is C17H12F6I2O6S2. The molecule has 0 aliphatic heterocycles. The Hall–Kier alpha value is -1.14. The molecule has 184 valence electrons. The molecule has 0 heterocycles. The maximum atomic E-state index is 12.8. The summed E-state index contributed by atoms with van der Waals surface area (Å²) < 4.78 is 136. The van der Waals surface area contributed by atoms with Gasteiger partial charge in [0.1, 0.15) is 0 Å². The van der Waals surface area contributed by atoms with Crippen molar-refractivity contribution in [3.8, 4) is 7.85 Å². The fourth-order valence-electron chi connectivity index (χ4n) is 1.69. The van der Waals surface area contributed by atoms with E-state index in [2.05, 4.69) is 12.9 Å². The van der Waals surface area contributed by atoms with Crippen LogP contribution >= 0.6 is 40.5 Å². The zero-order valence-electron chi connectivity index (χ0n) is 16.0. The number of alkyl halides is 6. The molecule has 0 aliphatic rings. The van der Waals surface area contributed by atoms with Crippen LogP contribution in [0.25, 0.3) is 0 Å². The van der Waals surface area contributed by atoms with E-state index in [1.807, 2.05) is 0 Å². The van der Waals surface area contributed by atoms with Crippen LogP contribution in [0.4, 0.5) is 26.3 Å². The van der Waals surface area contributed by atoms with Crippen LogP contribution in [0.15, 0.2) is 54.6 Å². The average molecular weight is 744 g/mol. The molecule has 0 bridgehead atoms. The Balaban J connectivity index is 2.56. The summed E-state index contributed by atoms with van der Waals surface area (Å²) in [6.45, 7) is 1.65. The van der Waals surface area contributed by atoms with Crippen LogP contribution in [0.2, 0.25) is 0 Å². The zero-order valence-corrected chi connectivity index (χ0v) is 21.9. The van der Waals surface area contributed by atoms with E-state index < -0.39 is 71.7 Å². The first kappa shape index (κ1) is 28.1. The summed E-state index contributed by atoms with van der Waals surface area (Å²) in [7, 11) is -12.2. The molecule has 0 fully saturated rings. The van der Waals surface area contributed by atoms with Crippen LogP contribution < -0.4 is 0 Å². The van der Waals surface area contributed by atoms with E-state index in [0.29, 0.717) is 5.56 Å². The number of rotatable bonds is 6. The van der Waals surface area contributed by atoms with Gasteiger partial charge in [-0.2, -0.15) is 0 Å². The van der Waals surface area contributed by atoms with Gasteiger partial charge in [-0.15, -0.1) is 0 Å². The Kier molecular flexibility index (Phi) is 9.06. The number of aryl methyl sites for hydroxylation is 1. The van der Waals surface area contributed by atoms with Crippen molar-refractivity contribution >= 4 is 60.7 Å². The Morgan fingerprint density at radius 1 is 0.667 bits per heavy atom. The molecule has 0 amide bonds. The van der Waals surface area contributed by atoms with Gasteiger partial charge in [-0.05, 0) is 0 Å². The van der Waals surface area contributed by atoms with Crippen LogP contribution in [-0.2, 0) is 25.3 Å². The summed E-state index contributed by atoms with van der Waals surface area (Å²) >= 11 is -8.05. The molecule has 0 spiro atoms. The van der Waals surface area contributed by atoms with Gasteiger partial charge in [0.2, 0.25) is 0 Å². The molecule has 33 heavy (non-hydrogen) atoms. The fraction of sp³-hybridized carbons (Fsp3) is 0.176. The second-order valence-corrected chi connectivity index (χ2v) is 17.3. The number of benzene rings is 2. The van der Waals surface area contributed by atoms with Crippen molar-refractivity contribution in [3.63, 3.8) is 0 Å². The van der Waals surface area contributed by atoms with E-state index in [1.54, 1.807) is 6.92 Å². The van der Waals surface area contributed by atoms with E-state index in [9.17, 15) is 43.2 Å². The van der Waals surface area contributed by atoms with Crippen molar-refractivity contribution in [2.75, 3.05) is 0 Å². The summed E-state index contributed by atoms with van der Waals surface area (Å²) in [5, 5.41) is 0. The van der Waals surface area contributed by atoms with Gasteiger partial charge in [0.25, 0.3) is 0 Å². The molecule has 0 atom stereocenters. The molecule has 2 aromatic carbocycles. The van der Waals surface area contributed by atoms with Crippen LogP contribution in [0.3, 0.4) is 0 Å². The number of halogens is 8. The minimum atomic E-state index is -6.08. The van der Waals surface area contributed by atoms with E-state index in [0.717, 1.165) is 0 Å². The fourth-order valence-corrected chi connectivity index (χ4v) is 13.8. The standard InChI is InChI=1S/C17H12F6I2O6S2/c1-13-7-9-15(10-8-13)25(31-33(28,29)17(21,22)23)12-11-24(14-5-3-2-4-6-14)30-32(26,27)16(18,19)20/h2-10H,1H3. The molecular weight excluding hydrogens is 732 g/mol. The molecule has 0 aliphatic carbocycles. The molecule has 2 aromatic rings. The van der Waals surface area contributed by atoms with Gasteiger partial charge < -0.3 is 0 Å². The minimum absolute atomic E-state index is 0.00677. The van der Waals surface area contributed by atoms with Crippen LogP contribution in [-0.4, -0.2) is 27.9 Å². The quantitative estimate of drug-likeness (QED) is 0.168. The molecule has 0 N–H and O–H groups in total. The Morgan fingerprint density at radius 3 is 1.39 bits per heavy atom. The third kappa shape index (κ3) is 7.68. The third-order valence-electron chi connectivity index (χ3n) is 3.21. The predicted molar refractivity (Wildman–Crippen MR) is 123 cm³/mol. The van der Waals surface area contributed by atoms with Gasteiger partial charge in [0.05, 0.1) is 0 Å². The first-order valence-corrected chi connectivity index (χ1v) is 17.0. The van der Waals surface area contributed by atoms with Gasteiger partial charge in [0, 0.05) is 0 Å². The zero-order chi connectivity index (χ0) is 25.1. The summed E-state index contributed by atoms with van der Waals surface area (Å²) in [5.74, 6) is 0. The Morgan fingerprint density at radius 2 is 1.03 bits per heavy atom. The third-order valence-corrected chi connectivity index (χ3v) is 16.2. The SMILES string of the molecule is Cc1ccc(I(C#CI(OS(=O)(=O)C(F)(F)F)c2ccccc2)OS(=O)(=O)C(F)(F)F)cc1. The van der Waals surface area contributed by atoms with Crippen molar-refractivity contribution < 1.29 is 48.2 Å². The van der Waals surface area contributed by atoms with Crippen molar-refractivity contribution in [3.05, 3.63) is 67.3 Å². The average Bonchev–Trinajstić information content (AvgIpc) is 2.69. The molecule has 0 unspecified atom stereocenters. The Bertz CT molecular complexity index is 1240. The van der Waals surface area contributed by atoms with Crippen LogP contribution in [0.1, 0.15) is 5.56 Å². The molecule has 16 heteroatoms. The van der Waals surface area contributed by atoms with Crippen molar-refractivity contribution in [2.45, 2.75) is 17.9 Å². The van der Waals surface area contributed by atoms with Crippen LogP contribution in [0, 0.1) is 21.9 Å². The normalized spacial score (nSPS) is 13.7. The summed E-state index contributed by atoms with van der Waals surface area (Å²) in [6.07, 6.45) is 0. The molecule has 0 radical (unpaired) electrons. The summed E-state index contributed by atoms with van der Waals surface area (Å²) in [5.41, 5.74) is -10.8. The van der Waals surface area contributed by atoms with E-state index >= 15 is 0 Å². The second kappa shape index (κ2) is 10.6. The summed E-state index contributed by atoms with van der Waals surface area (Å²) in [6, 6.07) is 12.1. The van der Waals surface area contributed by atoms with Gasteiger partial charge in [-0.25, -0.2) is 0 Å². The molecule has 0 saturated carbocycles. The van der Waals surface area contributed by atoms with Gasteiger partial charge in [-0.3, -0.25) is 0 Å². The monoisotopic (exact) mass is 744 g/mol. The molecule has 0 aromatic heterocycles.